The van der Waals surface area contributed by atoms with Crippen molar-refractivity contribution in [1.29, 1.82) is 0 Å². The fraction of sp³-hybridized carbons (Fsp3) is 0.526. The van der Waals surface area contributed by atoms with Gasteiger partial charge in [0.05, 0.1) is 0 Å². The number of amidine groups is 1. The topological polar surface area (TPSA) is 75.8 Å². The van der Waals surface area contributed by atoms with E-state index >= 15 is 0 Å². The lowest BCUT2D eigenvalue weighted by atomic mass is 9.95. The summed E-state index contributed by atoms with van der Waals surface area (Å²) >= 11 is 1.49. The maximum atomic E-state index is 12.7. The number of amides is 2. The molecule has 25 heavy (non-hydrogen) atoms. The van der Waals surface area contributed by atoms with Crippen LogP contribution in [0.3, 0.4) is 0 Å². The van der Waals surface area contributed by atoms with Crippen molar-refractivity contribution in [2.24, 2.45) is 22.6 Å². The van der Waals surface area contributed by atoms with Gasteiger partial charge in [-0.1, -0.05) is 30.3 Å². The normalized spacial score (nSPS) is 33.6. The van der Waals surface area contributed by atoms with Crippen LogP contribution in [-0.4, -0.2) is 35.0 Å². The highest BCUT2D eigenvalue weighted by atomic mass is 32.2. The summed E-state index contributed by atoms with van der Waals surface area (Å²) in [5.41, 5.74) is 6.58. The molecule has 2 saturated carbocycles. The van der Waals surface area contributed by atoms with E-state index in [1.54, 1.807) is 18.2 Å². The first kappa shape index (κ1) is 16.6. The van der Waals surface area contributed by atoms with Gasteiger partial charge in [-0.3, -0.25) is 9.59 Å². The van der Waals surface area contributed by atoms with Crippen LogP contribution in [0.1, 0.15) is 48.5 Å². The van der Waals surface area contributed by atoms with Crippen LogP contribution < -0.4 is 5.73 Å². The van der Waals surface area contributed by atoms with Crippen molar-refractivity contribution >= 4 is 28.7 Å². The molecule has 1 aromatic carbocycles. The van der Waals surface area contributed by atoms with Crippen molar-refractivity contribution in [2.45, 2.75) is 43.4 Å². The SMILES string of the molecule is CN(C1=NC(=O)C(C)(c2cccc(C(N)=O)c2)S1)C1CC2CCC1C2. The van der Waals surface area contributed by atoms with Gasteiger partial charge in [0.2, 0.25) is 5.91 Å². The summed E-state index contributed by atoms with van der Waals surface area (Å²) in [6, 6.07) is 7.52. The number of carbonyl (C=O) groups is 2. The molecule has 4 atom stereocenters. The van der Waals surface area contributed by atoms with Crippen LogP contribution in [0.15, 0.2) is 29.3 Å². The summed E-state index contributed by atoms with van der Waals surface area (Å²) in [6.07, 6.45) is 5.18. The average Bonchev–Trinajstić information content (AvgIpc) is 3.30. The summed E-state index contributed by atoms with van der Waals surface area (Å²) in [5.74, 6) is 0.933. The number of rotatable bonds is 3. The second-order valence-corrected chi connectivity index (χ2v) is 9.02. The first-order chi connectivity index (χ1) is 11.9. The summed E-state index contributed by atoms with van der Waals surface area (Å²) < 4.78 is -0.799. The molecule has 3 aliphatic rings. The van der Waals surface area contributed by atoms with Gasteiger partial charge in [0.25, 0.3) is 5.91 Å². The lowest BCUT2D eigenvalue weighted by Crippen LogP contribution is -2.39. The Balaban J connectivity index is 1.57. The van der Waals surface area contributed by atoms with Crippen LogP contribution in [0.2, 0.25) is 0 Å². The molecule has 2 fully saturated rings. The number of hydrogen-bond acceptors (Lipinski definition) is 4. The molecule has 0 aromatic heterocycles. The van der Waals surface area contributed by atoms with Crippen LogP contribution in [0.25, 0.3) is 0 Å². The lowest BCUT2D eigenvalue weighted by Gasteiger charge is -2.33. The third kappa shape index (κ3) is 2.67. The molecule has 2 N–H and O–H groups in total. The third-order valence-electron chi connectivity index (χ3n) is 6.10. The van der Waals surface area contributed by atoms with Gasteiger partial charge in [-0.15, -0.1) is 0 Å². The first-order valence-electron chi connectivity index (χ1n) is 8.84. The van der Waals surface area contributed by atoms with Crippen molar-refractivity contribution < 1.29 is 9.59 Å². The molecule has 6 heteroatoms. The summed E-state index contributed by atoms with van der Waals surface area (Å²) in [5, 5.41) is 0.800. The zero-order valence-electron chi connectivity index (χ0n) is 14.6. The summed E-state index contributed by atoms with van der Waals surface area (Å²) in [6.45, 7) is 1.88. The van der Waals surface area contributed by atoms with Gasteiger partial charge in [0.15, 0.2) is 5.17 Å². The van der Waals surface area contributed by atoms with Crippen LogP contribution in [-0.2, 0) is 9.54 Å². The van der Waals surface area contributed by atoms with Gasteiger partial charge in [-0.05, 0) is 55.7 Å². The van der Waals surface area contributed by atoms with E-state index in [1.165, 1.54) is 37.4 Å². The number of thioether (sulfide) groups is 1. The van der Waals surface area contributed by atoms with Crippen molar-refractivity contribution in [3.05, 3.63) is 35.4 Å². The zero-order valence-corrected chi connectivity index (χ0v) is 15.4. The smallest absolute Gasteiger partial charge is 0.269 e. The monoisotopic (exact) mass is 357 g/mol. The predicted octanol–water partition coefficient (Wildman–Crippen LogP) is 2.75. The number of hydrogen-bond donors (Lipinski definition) is 1. The van der Waals surface area contributed by atoms with Crippen molar-refractivity contribution in [3.63, 3.8) is 0 Å². The molecular formula is C19H23N3O2S. The molecule has 2 aliphatic carbocycles. The van der Waals surface area contributed by atoms with E-state index in [0.717, 1.165) is 22.6 Å². The minimum atomic E-state index is -0.799. The van der Waals surface area contributed by atoms with E-state index in [2.05, 4.69) is 16.9 Å². The number of carbonyl (C=O) groups excluding carboxylic acids is 2. The Kier molecular flexibility index (Phi) is 3.90. The third-order valence-corrected chi connectivity index (χ3v) is 7.48. The highest BCUT2D eigenvalue weighted by molar-refractivity contribution is 8.15. The van der Waals surface area contributed by atoms with Gasteiger partial charge in [0.1, 0.15) is 4.75 Å². The molecule has 132 valence electrons. The molecule has 0 radical (unpaired) electrons. The predicted molar refractivity (Wildman–Crippen MR) is 99.3 cm³/mol. The number of nitrogens with zero attached hydrogens (tertiary/aromatic N) is 2. The minimum Gasteiger partial charge on any atom is -0.366 e. The van der Waals surface area contributed by atoms with Crippen LogP contribution in [0.5, 0.6) is 0 Å². The van der Waals surface area contributed by atoms with E-state index in [1.807, 2.05) is 13.0 Å². The largest absolute Gasteiger partial charge is 0.366 e. The standard InChI is InChI=1S/C19H23N3O2S/c1-19(14-5-3-4-13(10-14)16(20)23)17(24)21-18(25-19)22(2)15-9-11-6-7-12(15)8-11/h3-5,10-12,15H,6-9H2,1-2H3,(H2,20,23). The summed E-state index contributed by atoms with van der Waals surface area (Å²) in [4.78, 5) is 30.8. The molecule has 1 aromatic rings. The first-order valence-corrected chi connectivity index (χ1v) is 9.65. The zero-order chi connectivity index (χ0) is 17.8. The molecule has 2 bridgehead atoms. The molecule has 1 aliphatic heterocycles. The molecule has 4 unspecified atom stereocenters. The van der Waals surface area contributed by atoms with Crippen molar-refractivity contribution in [3.8, 4) is 0 Å². The van der Waals surface area contributed by atoms with E-state index in [-0.39, 0.29) is 5.91 Å². The van der Waals surface area contributed by atoms with E-state index in [0.29, 0.717) is 11.6 Å². The summed E-state index contributed by atoms with van der Waals surface area (Å²) in [7, 11) is 2.07. The second kappa shape index (κ2) is 5.87. The van der Waals surface area contributed by atoms with Crippen LogP contribution in [0.4, 0.5) is 0 Å². The van der Waals surface area contributed by atoms with E-state index in [4.69, 9.17) is 5.73 Å². The lowest BCUT2D eigenvalue weighted by molar-refractivity contribution is -0.119. The van der Waals surface area contributed by atoms with E-state index < -0.39 is 10.7 Å². The Hall–Kier alpha value is -1.82. The Morgan fingerprint density at radius 3 is 2.80 bits per heavy atom. The number of primary amides is 1. The van der Waals surface area contributed by atoms with Crippen LogP contribution in [0, 0.1) is 11.8 Å². The van der Waals surface area contributed by atoms with Crippen LogP contribution >= 0.6 is 11.8 Å². The number of fused-ring (bicyclic) bond motifs is 2. The highest BCUT2D eigenvalue weighted by Gasteiger charge is 2.47. The Labute approximate surface area is 152 Å². The molecule has 2 amide bonds. The quantitative estimate of drug-likeness (QED) is 0.902. The Morgan fingerprint density at radius 1 is 1.36 bits per heavy atom. The molecule has 4 rings (SSSR count). The van der Waals surface area contributed by atoms with Gasteiger partial charge in [-0.25, -0.2) is 0 Å². The maximum Gasteiger partial charge on any atom is 0.269 e. The maximum absolute atomic E-state index is 12.7. The van der Waals surface area contributed by atoms with Crippen molar-refractivity contribution in [1.82, 2.24) is 4.90 Å². The van der Waals surface area contributed by atoms with Crippen molar-refractivity contribution in [2.75, 3.05) is 7.05 Å². The average molecular weight is 357 g/mol. The van der Waals surface area contributed by atoms with E-state index in [9.17, 15) is 9.59 Å². The van der Waals surface area contributed by atoms with Gasteiger partial charge < -0.3 is 10.6 Å². The fourth-order valence-corrected chi connectivity index (χ4v) is 5.72. The Morgan fingerprint density at radius 2 is 2.16 bits per heavy atom. The second-order valence-electron chi connectivity index (χ2n) is 7.63. The Bertz CT molecular complexity index is 778. The number of benzene rings is 1. The van der Waals surface area contributed by atoms with Gasteiger partial charge in [-0.2, -0.15) is 4.99 Å². The molecule has 5 nitrogen and oxygen atoms in total. The number of nitrogens with two attached hydrogens (primary N) is 1. The van der Waals surface area contributed by atoms with Gasteiger partial charge in [0, 0.05) is 18.7 Å². The molecule has 0 spiro atoms. The minimum absolute atomic E-state index is 0.163. The van der Waals surface area contributed by atoms with Gasteiger partial charge >= 0.3 is 0 Å². The molecule has 1 heterocycles. The highest BCUT2D eigenvalue weighted by Crippen LogP contribution is 2.49. The molecular weight excluding hydrogens is 334 g/mol. The number of aliphatic imine (C=N–C) groups is 1. The molecule has 0 saturated heterocycles. The fourth-order valence-electron chi connectivity index (χ4n) is 4.57.